The summed E-state index contributed by atoms with van der Waals surface area (Å²) in [6, 6.07) is 0.451. The fourth-order valence-corrected chi connectivity index (χ4v) is 3.60. The Morgan fingerprint density at radius 1 is 1.19 bits per heavy atom. The SMILES string of the molecule is CCOC(=O)Oc1cn(C2CC2)c2c(F)c(C3C(=O)OC(C)(C)OC3=O)c(F)cc2c1=O. The molecule has 170 valence electrons. The average Bonchev–Trinajstić information content (AvgIpc) is 3.50. The first kappa shape index (κ1) is 21.7. The van der Waals surface area contributed by atoms with Crippen LogP contribution in [0.1, 0.15) is 51.1 Å². The molecule has 0 atom stereocenters. The summed E-state index contributed by atoms with van der Waals surface area (Å²) in [4.78, 5) is 49.3. The third kappa shape index (κ3) is 3.67. The second-order valence-corrected chi connectivity index (χ2v) is 7.90. The van der Waals surface area contributed by atoms with Crippen molar-refractivity contribution in [3.05, 3.63) is 39.7 Å². The summed E-state index contributed by atoms with van der Waals surface area (Å²) in [6.45, 7) is 4.16. The molecule has 1 aliphatic carbocycles. The molecule has 1 aromatic carbocycles. The van der Waals surface area contributed by atoms with Crippen molar-refractivity contribution in [2.45, 2.75) is 51.4 Å². The molecular weight excluding hydrogens is 432 g/mol. The van der Waals surface area contributed by atoms with Crippen molar-refractivity contribution < 1.29 is 42.1 Å². The largest absolute Gasteiger partial charge is 0.514 e. The molecule has 2 heterocycles. The van der Waals surface area contributed by atoms with Gasteiger partial charge in [-0.1, -0.05) is 0 Å². The van der Waals surface area contributed by atoms with Gasteiger partial charge in [0.15, 0.2) is 17.5 Å². The lowest BCUT2D eigenvalue weighted by molar-refractivity contribution is -0.234. The zero-order chi connectivity index (χ0) is 23.4. The number of rotatable bonds is 4. The van der Waals surface area contributed by atoms with Crippen LogP contribution in [0.5, 0.6) is 5.75 Å². The van der Waals surface area contributed by atoms with Crippen molar-refractivity contribution >= 4 is 29.0 Å². The highest BCUT2D eigenvalue weighted by Crippen LogP contribution is 2.41. The minimum atomic E-state index is -1.99. The van der Waals surface area contributed by atoms with Crippen LogP contribution in [0.4, 0.5) is 13.6 Å². The van der Waals surface area contributed by atoms with Gasteiger partial charge in [-0.25, -0.2) is 13.6 Å². The molecule has 0 N–H and O–H groups in total. The summed E-state index contributed by atoms with van der Waals surface area (Å²) < 4.78 is 51.5. The molecule has 2 aliphatic rings. The van der Waals surface area contributed by atoms with E-state index >= 15 is 8.78 Å². The lowest BCUT2D eigenvalue weighted by Crippen LogP contribution is -2.45. The Bertz CT molecular complexity index is 1190. The lowest BCUT2D eigenvalue weighted by atomic mass is 9.94. The van der Waals surface area contributed by atoms with Gasteiger partial charge in [0.2, 0.25) is 5.43 Å². The van der Waals surface area contributed by atoms with Crippen LogP contribution in [0, 0.1) is 11.6 Å². The van der Waals surface area contributed by atoms with Crippen LogP contribution in [0.3, 0.4) is 0 Å². The molecule has 1 aliphatic heterocycles. The van der Waals surface area contributed by atoms with E-state index in [0.717, 1.165) is 6.20 Å². The van der Waals surface area contributed by atoms with Gasteiger partial charge in [-0.3, -0.25) is 14.4 Å². The van der Waals surface area contributed by atoms with E-state index in [4.69, 9.17) is 14.2 Å². The van der Waals surface area contributed by atoms with Crippen LogP contribution >= 0.6 is 0 Å². The number of hydrogen-bond donors (Lipinski definition) is 0. The van der Waals surface area contributed by atoms with Gasteiger partial charge in [0.05, 0.1) is 29.3 Å². The standard InChI is InChI=1S/C21H19F2NO8/c1-4-29-20(28)30-12-8-24(9-5-6-9)16-10(17(12)25)7-11(22)13(15(16)23)14-18(26)31-21(2,3)32-19(14)27/h7-9,14H,4-6H2,1-3H3. The maximum absolute atomic E-state index is 15.6. The normalized spacial score (nSPS) is 18.3. The van der Waals surface area contributed by atoms with E-state index in [0.29, 0.717) is 18.9 Å². The third-order valence-corrected chi connectivity index (χ3v) is 5.06. The summed E-state index contributed by atoms with van der Waals surface area (Å²) >= 11 is 0. The smallest absolute Gasteiger partial charge is 0.434 e. The number of fused-ring (bicyclic) bond motifs is 1. The molecule has 1 aromatic heterocycles. The maximum Gasteiger partial charge on any atom is 0.514 e. The van der Waals surface area contributed by atoms with E-state index in [1.807, 2.05) is 0 Å². The minimum absolute atomic E-state index is 0.000238. The van der Waals surface area contributed by atoms with Gasteiger partial charge in [0.25, 0.3) is 5.79 Å². The fraction of sp³-hybridized carbons (Fsp3) is 0.429. The highest BCUT2D eigenvalue weighted by molar-refractivity contribution is 6.03. The van der Waals surface area contributed by atoms with Gasteiger partial charge in [-0.05, 0) is 25.8 Å². The second kappa shape index (κ2) is 7.57. The van der Waals surface area contributed by atoms with Crippen molar-refractivity contribution in [3.63, 3.8) is 0 Å². The number of aromatic nitrogens is 1. The molecule has 0 spiro atoms. The number of carbonyl (C=O) groups excluding carboxylic acids is 3. The Balaban J connectivity index is 1.91. The number of halogens is 2. The number of esters is 2. The second-order valence-electron chi connectivity index (χ2n) is 7.90. The van der Waals surface area contributed by atoms with E-state index in [-0.39, 0.29) is 18.2 Å². The van der Waals surface area contributed by atoms with Crippen LogP contribution in [-0.2, 0) is 23.8 Å². The molecule has 2 fully saturated rings. The predicted molar refractivity (Wildman–Crippen MR) is 103 cm³/mol. The van der Waals surface area contributed by atoms with Gasteiger partial charge >= 0.3 is 18.1 Å². The van der Waals surface area contributed by atoms with Crippen molar-refractivity contribution in [2.75, 3.05) is 6.61 Å². The van der Waals surface area contributed by atoms with Gasteiger partial charge in [0, 0.05) is 19.9 Å². The number of benzene rings is 1. The number of nitrogens with zero attached hydrogens (tertiary/aromatic N) is 1. The van der Waals surface area contributed by atoms with Crippen molar-refractivity contribution in [2.24, 2.45) is 0 Å². The first-order valence-corrected chi connectivity index (χ1v) is 9.91. The molecule has 1 saturated heterocycles. The van der Waals surface area contributed by atoms with Crippen LogP contribution in [0.25, 0.3) is 10.9 Å². The minimum Gasteiger partial charge on any atom is -0.434 e. The van der Waals surface area contributed by atoms with Crippen LogP contribution in [0.2, 0.25) is 0 Å². The fourth-order valence-electron chi connectivity index (χ4n) is 3.60. The Labute approximate surface area is 179 Å². The van der Waals surface area contributed by atoms with Crippen LogP contribution in [0.15, 0.2) is 17.1 Å². The maximum atomic E-state index is 15.6. The quantitative estimate of drug-likeness (QED) is 0.515. The molecule has 0 unspecified atom stereocenters. The van der Waals surface area contributed by atoms with Gasteiger partial charge < -0.3 is 23.5 Å². The van der Waals surface area contributed by atoms with Gasteiger partial charge in [0.1, 0.15) is 5.82 Å². The monoisotopic (exact) mass is 451 g/mol. The van der Waals surface area contributed by atoms with Crippen molar-refractivity contribution in [1.29, 1.82) is 0 Å². The van der Waals surface area contributed by atoms with Crippen molar-refractivity contribution in [1.82, 2.24) is 4.57 Å². The van der Waals surface area contributed by atoms with Crippen molar-refractivity contribution in [3.8, 4) is 5.75 Å². The molecule has 32 heavy (non-hydrogen) atoms. The summed E-state index contributed by atoms with van der Waals surface area (Å²) in [6.07, 6.45) is 1.25. The number of hydrogen-bond acceptors (Lipinski definition) is 8. The zero-order valence-electron chi connectivity index (χ0n) is 17.4. The van der Waals surface area contributed by atoms with E-state index in [2.05, 4.69) is 4.74 Å². The van der Waals surface area contributed by atoms with E-state index < -0.39 is 63.6 Å². The molecular formula is C21H19F2NO8. The van der Waals surface area contributed by atoms with Crippen LogP contribution < -0.4 is 10.2 Å². The molecule has 2 aromatic rings. The molecule has 4 rings (SSSR count). The lowest BCUT2D eigenvalue weighted by Gasteiger charge is -2.33. The summed E-state index contributed by atoms with van der Waals surface area (Å²) in [5, 5.41) is -0.421. The Kier molecular flexibility index (Phi) is 5.14. The Hall–Kier alpha value is -3.50. The first-order chi connectivity index (χ1) is 15.0. The molecule has 0 bridgehead atoms. The van der Waals surface area contributed by atoms with Crippen LogP contribution in [-0.4, -0.2) is 35.1 Å². The molecule has 11 heteroatoms. The number of ether oxygens (including phenoxy) is 4. The Morgan fingerprint density at radius 2 is 1.81 bits per heavy atom. The van der Waals surface area contributed by atoms with E-state index in [1.165, 1.54) is 18.4 Å². The predicted octanol–water partition coefficient (Wildman–Crippen LogP) is 3.07. The topological polar surface area (TPSA) is 110 Å². The average molecular weight is 451 g/mol. The van der Waals surface area contributed by atoms with E-state index in [9.17, 15) is 19.2 Å². The third-order valence-electron chi connectivity index (χ3n) is 5.06. The molecule has 0 amide bonds. The number of carbonyl (C=O) groups is 3. The number of pyridine rings is 1. The van der Waals surface area contributed by atoms with E-state index in [1.54, 1.807) is 6.92 Å². The summed E-state index contributed by atoms with van der Waals surface area (Å²) in [5.41, 5.74) is -2.16. The summed E-state index contributed by atoms with van der Waals surface area (Å²) in [5.74, 6) is -8.98. The van der Waals surface area contributed by atoms with Gasteiger partial charge in [-0.2, -0.15) is 0 Å². The summed E-state index contributed by atoms with van der Waals surface area (Å²) in [7, 11) is 0. The number of cyclic esters (lactones) is 2. The first-order valence-electron chi connectivity index (χ1n) is 9.91. The molecule has 9 nitrogen and oxygen atoms in total. The zero-order valence-corrected chi connectivity index (χ0v) is 17.4. The molecule has 0 radical (unpaired) electrons. The van der Waals surface area contributed by atoms with Gasteiger partial charge in [-0.15, -0.1) is 0 Å². The molecule has 1 saturated carbocycles. The Morgan fingerprint density at radius 3 is 2.38 bits per heavy atom. The highest BCUT2D eigenvalue weighted by atomic mass is 19.1. The highest BCUT2D eigenvalue weighted by Gasteiger charge is 2.47.